The van der Waals surface area contributed by atoms with E-state index in [-0.39, 0.29) is 29.9 Å². The van der Waals surface area contributed by atoms with E-state index in [1.165, 1.54) is 12.1 Å². The van der Waals surface area contributed by atoms with Crippen LogP contribution in [0.2, 0.25) is 0 Å². The van der Waals surface area contributed by atoms with Crippen LogP contribution in [0.3, 0.4) is 0 Å². The van der Waals surface area contributed by atoms with Gasteiger partial charge in [0.1, 0.15) is 0 Å². The van der Waals surface area contributed by atoms with Crippen LogP contribution in [0.4, 0.5) is 5.69 Å². The van der Waals surface area contributed by atoms with Crippen LogP contribution in [0.15, 0.2) is 30.4 Å². The molecule has 1 aliphatic rings. The molecule has 0 bridgehead atoms. The zero-order chi connectivity index (χ0) is 14.2. The Hall–Kier alpha value is -2.54. The smallest absolute Gasteiger partial charge is 0.270 e. The molecule has 1 heterocycles. The number of hydrogen-bond acceptors (Lipinski definition) is 5. The van der Waals surface area contributed by atoms with Gasteiger partial charge in [0, 0.05) is 18.7 Å². The fraction of sp³-hybridized carbons (Fsp3) is 0.167. The Morgan fingerprint density at radius 2 is 1.95 bits per heavy atom. The van der Waals surface area contributed by atoms with E-state index in [0.29, 0.717) is 5.57 Å². The highest BCUT2D eigenvalue weighted by Crippen LogP contribution is 2.27. The molecule has 1 aliphatic heterocycles. The molecule has 0 saturated heterocycles. The van der Waals surface area contributed by atoms with E-state index in [4.69, 9.17) is 5.73 Å². The van der Waals surface area contributed by atoms with Gasteiger partial charge in [0.25, 0.3) is 17.5 Å². The quantitative estimate of drug-likeness (QED) is 0.371. The lowest BCUT2D eigenvalue weighted by atomic mass is 10.1. The Labute approximate surface area is 108 Å². The predicted octanol–water partition coefficient (Wildman–Crippen LogP) is 0.706. The number of nitro benzene ring substituents is 1. The number of imide groups is 1. The topological polar surface area (TPSA) is 107 Å². The molecule has 7 heteroatoms. The van der Waals surface area contributed by atoms with E-state index in [1.54, 1.807) is 0 Å². The lowest BCUT2D eigenvalue weighted by Crippen LogP contribution is -2.32. The second-order valence-corrected chi connectivity index (χ2v) is 4.14. The fourth-order valence-electron chi connectivity index (χ4n) is 1.82. The van der Waals surface area contributed by atoms with E-state index in [0.717, 1.165) is 11.0 Å². The zero-order valence-corrected chi connectivity index (χ0v) is 9.96. The number of carbonyl (C=O) groups is 2. The van der Waals surface area contributed by atoms with Crippen LogP contribution in [-0.2, 0) is 0 Å². The third kappa shape index (κ3) is 2.11. The van der Waals surface area contributed by atoms with Crippen LogP contribution in [0, 0.1) is 10.1 Å². The molecule has 2 rings (SSSR count). The molecule has 0 aromatic heterocycles. The average Bonchev–Trinajstić information content (AvgIpc) is 2.63. The van der Waals surface area contributed by atoms with Gasteiger partial charge in [-0.15, -0.1) is 0 Å². The van der Waals surface area contributed by atoms with Crippen LogP contribution in [-0.4, -0.2) is 34.7 Å². The molecule has 0 aliphatic carbocycles. The molecule has 19 heavy (non-hydrogen) atoms. The number of nitrogens with two attached hydrogens (primary N) is 1. The maximum atomic E-state index is 12.0. The standard InChI is InChI=1S/C12H11N3O4/c1-7(5-13)6-14-11(16)9-3-2-8(15(18)19)4-10(9)12(14)17/h2-4H,1,5-6,13H2. The summed E-state index contributed by atoms with van der Waals surface area (Å²) in [5.41, 5.74) is 5.89. The van der Waals surface area contributed by atoms with Crippen LogP contribution in [0.25, 0.3) is 0 Å². The molecular formula is C12H11N3O4. The SMILES string of the molecule is C=C(CN)CN1C(=O)c2ccc([N+](=O)[O-])cc2C1=O. The highest BCUT2D eigenvalue weighted by atomic mass is 16.6. The summed E-state index contributed by atoms with van der Waals surface area (Å²) < 4.78 is 0. The Morgan fingerprint density at radius 1 is 1.32 bits per heavy atom. The summed E-state index contributed by atoms with van der Waals surface area (Å²) in [7, 11) is 0. The number of non-ortho nitro benzene ring substituents is 1. The van der Waals surface area contributed by atoms with E-state index >= 15 is 0 Å². The molecule has 1 aromatic rings. The summed E-state index contributed by atoms with van der Waals surface area (Å²) in [6.07, 6.45) is 0. The number of rotatable bonds is 4. The van der Waals surface area contributed by atoms with Crippen molar-refractivity contribution in [3.8, 4) is 0 Å². The molecule has 7 nitrogen and oxygen atoms in total. The molecule has 98 valence electrons. The van der Waals surface area contributed by atoms with E-state index < -0.39 is 16.7 Å². The molecular weight excluding hydrogens is 250 g/mol. The molecule has 0 unspecified atom stereocenters. The number of nitrogens with zero attached hydrogens (tertiary/aromatic N) is 2. The minimum Gasteiger partial charge on any atom is -0.327 e. The first kappa shape index (κ1) is 12.9. The van der Waals surface area contributed by atoms with Crippen molar-refractivity contribution in [2.24, 2.45) is 5.73 Å². The molecule has 0 spiro atoms. The Morgan fingerprint density at radius 3 is 2.53 bits per heavy atom. The zero-order valence-electron chi connectivity index (χ0n) is 9.96. The first-order chi connectivity index (χ1) is 8.95. The highest BCUT2D eigenvalue weighted by molar-refractivity contribution is 6.21. The van der Waals surface area contributed by atoms with E-state index in [1.807, 2.05) is 0 Å². The van der Waals surface area contributed by atoms with Crippen molar-refractivity contribution < 1.29 is 14.5 Å². The summed E-state index contributed by atoms with van der Waals surface area (Å²) in [5.74, 6) is -1.04. The molecule has 2 N–H and O–H groups in total. The Bertz CT molecular complexity index is 609. The number of amides is 2. The minimum absolute atomic E-state index is 0.0244. The lowest BCUT2D eigenvalue weighted by Gasteiger charge is -2.14. The van der Waals surface area contributed by atoms with Gasteiger partial charge in [-0.25, -0.2) is 0 Å². The maximum Gasteiger partial charge on any atom is 0.270 e. The van der Waals surface area contributed by atoms with Gasteiger partial charge in [0.15, 0.2) is 0 Å². The van der Waals surface area contributed by atoms with E-state index in [2.05, 4.69) is 6.58 Å². The second kappa shape index (κ2) is 4.62. The molecule has 0 atom stereocenters. The van der Waals surface area contributed by atoms with Gasteiger partial charge in [-0.2, -0.15) is 0 Å². The predicted molar refractivity (Wildman–Crippen MR) is 66.7 cm³/mol. The number of benzene rings is 1. The fourth-order valence-corrected chi connectivity index (χ4v) is 1.82. The van der Waals surface area contributed by atoms with Gasteiger partial charge in [0.2, 0.25) is 0 Å². The number of fused-ring (bicyclic) bond motifs is 1. The monoisotopic (exact) mass is 261 g/mol. The van der Waals surface area contributed by atoms with Crippen LogP contribution in [0.5, 0.6) is 0 Å². The van der Waals surface area contributed by atoms with Crippen molar-refractivity contribution in [2.75, 3.05) is 13.1 Å². The maximum absolute atomic E-state index is 12.0. The van der Waals surface area contributed by atoms with E-state index in [9.17, 15) is 19.7 Å². The largest absolute Gasteiger partial charge is 0.327 e. The summed E-state index contributed by atoms with van der Waals surface area (Å²) in [6, 6.07) is 3.60. The minimum atomic E-state index is -0.612. The second-order valence-electron chi connectivity index (χ2n) is 4.14. The first-order valence-electron chi connectivity index (χ1n) is 5.47. The van der Waals surface area contributed by atoms with Crippen LogP contribution in [0.1, 0.15) is 20.7 Å². The Kier molecular flexibility index (Phi) is 3.14. The third-order valence-corrected chi connectivity index (χ3v) is 2.84. The van der Waals surface area contributed by atoms with Crippen molar-refractivity contribution in [1.82, 2.24) is 4.90 Å². The van der Waals surface area contributed by atoms with Crippen molar-refractivity contribution in [2.45, 2.75) is 0 Å². The molecule has 1 aromatic carbocycles. The number of nitro groups is 1. The van der Waals surface area contributed by atoms with Gasteiger partial charge >= 0.3 is 0 Å². The van der Waals surface area contributed by atoms with Crippen molar-refractivity contribution in [3.63, 3.8) is 0 Å². The molecule has 0 radical (unpaired) electrons. The lowest BCUT2D eigenvalue weighted by molar-refractivity contribution is -0.384. The molecule has 0 saturated carbocycles. The molecule has 0 fully saturated rings. The summed E-state index contributed by atoms with van der Waals surface area (Å²) in [5, 5.41) is 10.7. The van der Waals surface area contributed by atoms with Crippen LogP contribution >= 0.6 is 0 Å². The van der Waals surface area contributed by atoms with Crippen molar-refractivity contribution >= 4 is 17.5 Å². The van der Waals surface area contributed by atoms with Gasteiger partial charge in [-0.05, 0) is 11.6 Å². The first-order valence-corrected chi connectivity index (χ1v) is 5.47. The number of hydrogen-bond donors (Lipinski definition) is 1. The number of carbonyl (C=O) groups excluding carboxylic acids is 2. The van der Waals surface area contributed by atoms with Crippen molar-refractivity contribution in [1.29, 1.82) is 0 Å². The normalized spacial score (nSPS) is 13.6. The highest BCUT2D eigenvalue weighted by Gasteiger charge is 2.36. The van der Waals surface area contributed by atoms with Crippen LogP contribution < -0.4 is 5.73 Å². The van der Waals surface area contributed by atoms with Gasteiger partial charge in [-0.3, -0.25) is 24.6 Å². The summed E-state index contributed by atoms with van der Waals surface area (Å²) in [6.45, 7) is 3.82. The van der Waals surface area contributed by atoms with Gasteiger partial charge in [-0.1, -0.05) is 6.58 Å². The average molecular weight is 261 g/mol. The van der Waals surface area contributed by atoms with Gasteiger partial charge in [0.05, 0.1) is 22.6 Å². The Balaban J connectivity index is 2.38. The molecule has 2 amide bonds. The summed E-state index contributed by atoms with van der Waals surface area (Å²) in [4.78, 5) is 35.1. The van der Waals surface area contributed by atoms with Crippen molar-refractivity contribution in [3.05, 3.63) is 51.6 Å². The van der Waals surface area contributed by atoms with Gasteiger partial charge < -0.3 is 5.73 Å². The third-order valence-electron chi connectivity index (χ3n) is 2.84. The summed E-state index contributed by atoms with van der Waals surface area (Å²) >= 11 is 0.